The average molecular weight is 408 g/mol. The van der Waals surface area contributed by atoms with E-state index in [1.54, 1.807) is 20.2 Å². The molecule has 0 spiro atoms. The van der Waals surface area contributed by atoms with E-state index in [-0.39, 0.29) is 36.0 Å². The van der Waals surface area contributed by atoms with Gasteiger partial charge < -0.3 is 24.8 Å². The van der Waals surface area contributed by atoms with Crippen LogP contribution < -0.4 is 10.1 Å². The van der Waals surface area contributed by atoms with Crippen molar-refractivity contribution in [3.05, 3.63) is 53.3 Å². The number of amides is 3. The van der Waals surface area contributed by atoms with Gasteiger partial charge in [0.2, 0.25) is 5.91 Å². The molecule has 3 amide bonds. The summed E-state index contributed by atoms with van der Waals surface area (Å²) in [5.41, 5.74) is 0.677. The number of carbonyl (C=O) groups is 3. The van der Waals surface area contributed by atoms with Crippen molar-refractivity contribution in [3.8, 4) is 5.75 Å². The number of carbonyl (C=O) groups excluding carboxylic acids is 3. The van der Waals surface area contributed by atoms with Gasteiger partial charge in [-0.2, -0.15) is 8.78 Å². The van der Waals surface area contributed by atoms with Crippen LogP contribution >= 0.6 is 0 Å². The Bertz CT molecular complexity index is 883. The van der Waals surface area contributed by atoms with E-state index in [1.807, 2.05) is 0 Å². The third-order valence-electron chi connectivity index (χ3n) is 4.02. The van der Waals surface area contributed by atoms with Crippen LogP contribution in [0.3, 0.4) is 0 Å². The zero-order valence-electron chi connectivity index (χ0n) is 16.2. The van der Waals surface area contributed by atoms with Crippen molar-refractivity contribution in [2.24, 2.45) is 0 Å². The van der Waals surface area contributed by atoms with E-state index < -0.39 is 18.4 Å². The highest BCUT2D eigenvalue weighted by molar-refractivity contribution is 6.00. The van der Waals surface area contributed by atoms with Crippen molar-refractivity contribution in [1.29, 1.82) is 0 Å². The minimum Gasteiger partial charge on any atom is -0.434 e. The molecule has 1 heterocycles. The Balaban J connectivity index is 2.30. The molecule has 2 rings (SSSR count). The zero-order valence-corrected chi connectivity index (χ0v) is 16.2. The molecule has 1 aromatic carbocycles. The number of hydrogen-bond acceptors (Lipinski definition) is 4. The summed E-state index contributed by atoms with van der Waals surface area (Å²) in [6, 6.07) is 7.40. The number of alkyl halides is 2. The Morgan fingerprint density at radius 3 is 2.48 bits per heavy atom. The summed E-state index contributed by atoms with van der Waals surface area (Å²) in [6.45, 7) is -3.47. The predicted molar refractivity (Wildman–Crippen MR) is 101 cm³/mol. The SMILES string of the molecule is CNC(=O)CN(Cc1ccccc1OC(F)F)C(=O)c1c[nH]c(C(=O)N(C)C)c1. The van der Waals surface area contributed by atoms with E-state index in [2.05, 4.69) is 15.0 Å². The van der Waals surface area contributed by atoms with Gasteiger partial charge in [-0.1, -0.05) is 18.2 Å². The summed E-state index contributed by atoms with van der Waals surface area (Å²) in [5, 5.41) is 2.42. The van der Waals surface area contributed by atoms with Crippen molar-refractivity contribution in [2.75, 3.05) is 27.7 Å². The van der Waals surface area contributed by atoms with Gasteiger partial charge in [0.1, 0.15) is 18.0 Å². The van der Waals surface area contributed by atoms with E-state index in [4.69, 9.17) is 0 Å². The van der Waals surface area contributed by atoms with E-state index in [0.29, 0.717) is 5.56 Å². The third-order valence-corrected chi connectivity index (χ3v) is 4.02. The molecule has 2 N–H and O–H groups in total. The second-order valence-electron chi connectivity index (χ2n) is 6.32. The molecular formula is C19H22F2N4O4. The number of aromatic nitrogens is 1. The van der Waals surface area contributed by atoms with Crippen LogP contribution in [0.1, 0.15) is 26.4 Å². The third kappa shape index (κ3) is 5.77. The van der Waals surface area contributed by atoms with Gasteiger partial charge in [0, 0.05) is 32.9 Å². The van der Waals surface area contributed by atoms with Gasteiger partial charge >= 0.3 is 6.61 Å². The van der Waals surface area contributed by atoms with Gasteiger partial charge in [-0.3, -0.25) is 14.4 Å². The maximum absolute atomic E-state index is 13.0. The summed E-state index contributed by atoms with van der Waals surface area (Å²) in [7, 11) is 4.56. The largest absolute Gasteiger partial charge is 0.434 e. The maximum Gasteiger partial charge on any atom is 0.387 e. The fourth-order valence-electron chi connectivity index (χ4n) is 2.57. The first kappa shape index (κ1) is 21.9. The van der Waals surface area contributed by atoms with Gasteiger partial charge in [0.15, 0.2) is 0 Å². The fourth-order valence-corrected chi connectivity index (χ4v) is 2.57. The number of aromatic amines is 1. The normalized spacial score (nSPS) is 10.6. The van der Waals surface area contributed by atoms with Crippen LogP contribution in [0.4, 0.5) is 8.78 Å². The molecule has 10 heteroatoms. The summed E-state index contributed by atoms with van der Waals surface area (Å²) < 4.78 is 29.8. The highest BCUT2D eigenvalue weighted by Crippen LogP contribution is 2.23. The molecule has 0 saturated carbocycles. The second-order valence-corrected chi connectivity index (χ2v) is 6.32. The molecule has 1 aromatic heterocycles. The number of halogens is 2. The monoisotopic (exact) mass is 408 g/mol. The van der Waals surface area contributed by atoms with Gasteiger partial charge in [0.25, 0.3) is 11.8 Å². The number of ether oxygens (including phenoxy) is 1. The number of para-hydroxylation sites is 1. The molecule has 29 heavy (non-hydrogen) atoms. The zero-order chi connectivity index (χ0) is 21.6. The molecule has 0 saturated heterocycles. The van der Waals surface area contributed by atoms with Crippen molar-refractivity contribution in [3.63, 3.8) is 0 Å². The van der Waals surface area contributed by atoms with Gasteiger partial charge in [-0.05, 0) is 12.1 Å². The summed E-state index contributed by atoms with van der Waals surface area (Å²) in [6.07, 6.45) is 1.36. The van der Waals surface area contributed by atoms with Gasteiger partial charge in [-0.25, -0.2) is 0 Å². The lowest BCUT2D eigenvalue weighted by Gasteiger charge is -2.23. The van der Waals surface area contributed by atoms with Crippen molar-refractivity contribution >= 4 is 17.7 Å². The molecule has 0 unspecified atom stereocenters. The summed E-state index contributed by atoms with van der Waals surface area (Å²) >= 11 is 0. The minimum absolute atomic E-state index is 0.0882. The molecule has 8 nitrogen and oxygen atoms in total. The average Bonchev–Trinajstić information content (AvgIpc) is 3.17. The van der Waals surface area contributed by atoms with Crippen LogP contribution in [0.25, 0.3) is 0 Å². The van der Waals surface area contributed by atoms with Crippen LogP contribution in [0, 0.1) is 0 Å². The molecular weight excluding hydrogens is 386 g/mol. The summed E-state index contributed by atoms with van der Waals surface area (Å²) in [4.78, 5) is 42.1. The quantitative estimate of drug-likeness (QED) is 0.695. The van der Waals surface area contributed by atoms with Crippen LogP contribution in [0.5, 0.6) is 5.75 Å². The number of rotatable bonds is 8. The molecule has 156 valence electrons. The van der Waals surface area contributed by atoms with Crippen LogP contribution in [0.2, 0.25) is 0 Å². The Morgan fingerprint density at radius 2 is 1.86 bits per heavy atom. The Labute approximate surface area is 166 Å². The van der Waals surface area contributed by atoms with Crippen molar-refractivity contribution < 1.29 is 27.9 Å². The van der Waals surface area contributed by atoms with Gasteiger partial charge in [0.05, 0.1) is 12.1 Å². The lowest BCUT2D eigenvalue weighted by molar-refractivity contribution is -0.121. The number of benzene rings is 1. The fraction of sp³-hybridized carbons (Fsp3) is 0.316. The summed E-state index contributed by atoms with van der Waals surface area (Å²) in [5.74, 6) is -1.40. The Kier molecular flexibility index (Phi) is 7.29. The topological polar surface area (TPSA) is 94.7 Å². The maximum atomic E-state index is 13.0. The molecule has 0 bridgehead atoms. The van der Waals surface area contributed by atoms with Gasteiger partial charge in [-0.15, -0.1) is 0 Å². The predicted octanol–water partition coefficient (Wildman–Crippen LogP) is 1.71. The first-order valence-electron chi connectivity index (χ1n) is 8.65. The molecule has 0 aliphatic rings. The minimum atomic E-state index is -3.02. The smallest absolute Gasteiger partial charge is 0.387 e. The highest BCUT2D eigenvalue weighted by Gasteiger charge is 2.23. The lowest BCUT2D eigenvalue weighted by Crippen LogP contribution is -2.39. The van der Waals surface area contributed by atoms with Crippen molar-refractivity contribution in [2.45, 2.75) is 13.2 Å². The van der Waals surface area contributed by atoms with Crippen LogP contribution in [-0.4, -0.2) is 66.8 Å². The number of nitrogens with one attached hydrogen (secondary N) is 2. The number of H-pyrrole nitrogens is 1. The standard InChI is InChI=1S/C19H22F2N4O4/c1-22-16(26)11-25(10-12-6-4-5-7-15(12)29-19(20)21)17(27)13-8-14(23-9-13)18(28)24(2)3/h4-9,19,23H,10-11H2,1-3H3,(H,22,26). The molecule has 2 aromatic rings. The second kappa shape index (κ2) is 9.67. The van der Waals surface area contributed by atoms with E-state index >= 15 is 0 Å². The highest BCUT2D eigenvalue weighted by atomic mass is 19.3. The Hall–Kier alpha value is -3.43. The molecule has 0 aliphatic carbocycles. The molecule has 0 fully saturated rings. The van der Waals surface area contributed by atoms with E-state index in [0.717, 1.165) is 0 Å². The van der Waals surface area contributed by atoms with E-state index in [9.17, 15) is 23.2 Å². The molecule has 0 atom stereocenters. The van der Waals surface area contributed by atoms with E-state index in [1.165, 1.54) is 47.3 Å². The molecule has 0 aliphatic heterocycles. The molecule has 0 radical (unpaired) electrons. The first-order valence-corrected chi connectivity index (χ1v) is 8.65. The Morgan fingerprint density at radius 1 is 1.17 bits per heavy atom. The van der Waals surface area contributed by atoms with Crippen LogP contribution in [-0.2, 0) is 11.3 Å². The number of likely N-dealkylation sites (N-methyl/N-ethyl adjacent to an activating group) is 1. The first-order chi connectivity index (χ1) is 13.7. The number of hydrogen-bond donors (Lipinski definition) is 2. The lowest BCUT2D eigenvalue weighted by atomic mass is 10.1. The van der Waals surface area contributed by atoms with Crippen LogP contribution in [0.15, 0.2) is 36.5 Å². The number of nitrogens with zero attached hydrogens (tertiary/aromatic N) is 2. The van der Waals surface area contributed by atoms with Crippen molar-refractivity contribution in [1.82, 2.24) is 20.1 Å².